The van der Waals surface area contributed by atoms with E-state index in [1.54, 1.807) is 6.07 Å². The Balaban J connectivity index is 0.000000765. The van der Waals surface area contributed by atoms with Gasteiger partial charge in [0.1, 0.15) is 11.4 Å². The second-order valence-corrected chi connectivity index (χ2v) is 10.4. The van der Waals surface area contributed by atoms with Crippen LogP contribution in [-0.4, -0.2) is 79.8 Å². The molecule has 1 saturated carbocycles. The number of hydrogen-bond donors (Lipinski definition) is 3. The van der Waals surface area contributed by atoms with E-state index in [1.165, 1.54) is 24.8 Å². The summed E-state index contributed by atoms with van der Waals surface area (Å²) in [5.41, 5.74) is 2.51. The molecular weight excluding hydrogens is 567 g/mol. The van der Waals surface area contributed by atoms with Gasteiger partial charge in [0.05, 0.1) is 19.6 Å². The molecule has 0 unspecified atom stereocenters. The van der Waals surface area contributed by atoms with Crippen LogP contribution in [0.3, 0.4) is 0 Å². The number of carbonyl (C=O) groups excluding carboxylic acids is 3. The number of phenolic OH excluding ortho intramolecular Hbond substituents is 1. The molecular formula is C31H40F3N3O6. The zero-order chi connectivity index (χ0) is 31.1. The Kier molecular flexibility index (Phi) is 13.8. The van der Waals surface area contributed by atoms with E-state index in [9.17, 15) is 27.9 Å². The fraction of sp³-hybridized carbons (Fsp3) is 0.516. The van der Waals surface area contributed by atoms with Crippen molar-refractivity contribution < 1.29 is 42.1 Å². The zero-order valence-electron chi connectivity index (χ0n) is 24.2. The summed E-state index contributed by atoms with van der Waals surface area (Å²) in [7, 11) is 0. The van der Waals surface area contributed by atoms with E-state index in [0.717, 1.165) is 24.8 Å². The molecule has 1 fully saturated rings. The lowest BCUT2D eigenvalue weighted by atomic mass is 9.94. The van der Waals surface area contributed by atoms with Gasteiger partial charge in [0.25, 0.3) is 5.91 Å². The third-order valence-electron chi connectivity index (χ3n) is 7.24. The van der Waals surface area contributed by atoms with Gasteiger partial charge in [-0.15, -0.1) is 0 Å². The number of hydrogen-bond acceptors (Lipinski definition) is 7. The number of aromatic hydroxyl groups is 1. The van der Waals surface area contributed by atoms with Crippen molar-refractivity contribution in [2.45, 2.75) is 63.6 Å². The van der Waals surface area contributed by atoms with Crippen molar-refractivity contribution in [2.75, 3.05) is 44.8 Å². The molecule has 43 heavy (non-hydrogen) atoms. The second kappa shape index (κ2) is 17.5. The summed E-state index contributed by atoms with van der Waals surface area (Å²) in [4.78, 5) is 35.5. The molecule has 2 aromatic carbocycles. The highest BCUT2D eigenvalue weighted by Crippen LogP contribution is 2.39. The topological polar surface area (TPSA) is 117 Å². The lowest BCUT2D eigenvalue weighted by Gasteiger charge is -2.34. The second-order valence-electron chi connectivity index (χ2n) is 10.4. The Bertz CT molecular complexity index is 1170. The number of benzene rings is 2. The van der Waals surface area contributed by atoms with Crippen LogP contribution >= 0.6 is 0 Å². The van der Waals surface area contributed by atoms with Gasteiger partial charge < -0.3 is 30.1 Å². The first-order chi connectivity index (χ1) is 20.7. The maximum absolute atomic E-state index is 13.1. The Hall–Kier alpha value is -3.64. The van der Waals surface area contributed by atoms with Crippen LogP contribution < -0.4 is 15.4 Å². The van der Waals surface area contributed by atoms with Gasteiger partial charge in [-0.1, -0.05) is 55.7 Å². The van der Waals surface area contributed by atoms with Crippen LogP contribution in [0.25, 0.3) is 0 Å². The molecule has 1 aliphatic heterocycles. The number of nitrogens with one attached hydrogen (secondary N) is 2. The smallest absolute Gasteiger partial charge is 0.446 e. The molecule has 12 heteroatoms. The predicted octanol–water partition coefficient (Wildman–Crippen LogP) is 4.41. The van der Waals surface area contributed by atoms with Gasteiger partial charge in [0, 0.05) is 19.1 Å². The van der Waals surface area contributed by atoms with E-state index in [4.69, 9.17) is 14.3 Å². The Labute approximate surface area is 249 Å². The number of rotatable bonds is 13. The molecule has 0 saturated heterocycles. The largest absolute Gasteiger partial charge is 0.506 e. The van der Waals surface area contributed by atoms with E-state index in [1.807, 2.05) is 24.3 Å². The van der Waals surface area contributed by atoms with Gasteiger partial charge in [0.15, 0.2) is 12.4 Å². The first-order valence-electron chi connectivity index (χ1n) is 14.6. The van der Waals surface area contributed by atoms with Crippen molar-refractivity contribution in [2.24, 2.45) is 0 Å². The fourth-order valence-corrected chi connectivity index (χ4v) is 5.10. The number of amides is 2. The quantitative estimate of drug-likeness (QED) is 0.175. The monoisotopic (exact) mass is 607 g/mol. The number of halogens is 3. The van der Waals surface area contributed by atoms with E-state index >= 15 is 0 Å². The number of alkyl halides is 3. The van der Waals surface area contributed by atoms with E-state index in [-0.39, 0.29) is 24.2 Å². The molecule has 0 aromatic heterocycles. The van der Waals surface area contributed by atoms with Crippen LogP contribution in [0.1, 0.15) is 49.7 Å². The van der Waals surface area contributed by atoms with Crippen molar-refractivity contribution in [3.63, 3.8) is 0 Å². The third kappa shape index (κ3) is 11.9. The number of anilines is 1. The number of carbonyl (C=O) groups is 3. The summed E-state index contributed by atoms with van der Waals surface area (Å²) in [6.07, 6.45) is 2.00. The van der Waals surface area contributed by atoms with Crippen LogP contribution in [0.4, 0.5) is 18.9 Å². The molecule has 1 heterocycles. The summed E-state index contributed by atoms with van der Waals surface area (Å²) in [5, 5.41) is 16.2. The van der Waals surface area contributed by atoms with Crippen LogP contribution in [0, 0.1) is 0 Å². The molecule has 0 radical (unpaired) electrons. The average molecular weight is 608 g/mol. The summed E-state index contributed by atoms with van der Waals surface area (Å²) < 4.78 is 42.6. The molecule has 4 rings (SSSR count). The number of phenols is 1. The van der Waals surface area contributed by atoms with Gasteiger partial charge in [-0.05, 0) is 49.4 Å². The minimum atomic E-state index is -4.64. The van der Waals surface area contributed by atoms with E-state index in [0.29, 0.717) is 63.2 Å². The molecule has 2 aromatic rings. The Morgan fingerprint density at radius 2 is 1.79 bits per heavy atom. The molecule has 236 valence electrons. The summed E-state index contributed by atoms with van der Waals surface area (Å²) >= 11 is 0. The van der Waals surface area contributed by atoms with Gasteiger partial charge in [0.2, 0.25) is 12.2 Å². The first-order valence-corrected chi connectivity index (χ1v) is 14.6. The van der Waals surface area contributed by atoms with Crippen LogP contribution in [-0.2, 0) is 32.0 Å². The van der Waals surface area contributed by atoms with Gasteiger partial charge in [-0.3, -0.25) is 14.4 Å². The SMILES string of the molecule is O=C1COc2c(CCNCCN(C(=O)CCOCCc3ccccc3)C3CCCCC3)ccc(O)c2N1.O=CC(F)(F)F. The average Bonchev–Trinajstić information content (AvgIpc) is 3.00. The van der Waals surface area contributed by atoms with Crippen molar-refractivity contribution in [1.29, 1.82) is 0 Å². The summed E-state index contributed by atoms with van der Waals surface area (Å²) in [6, 6.07) is 14.0. The maximum atomic E-state index is 13.1. The lowest BCUT2D eigenvalue weighted by molar-refractivity contribution is -0.156. The molecule has 9 nitrogen and oxygen atoms in total. The maximum Gasteiger partial charge on any atom is 0.446 e. The Morgan fingerprint density at radius 3 is 2.49 bits per heavy atom. The fourth-order valence-electron chi connectivity index (χ4n) is 5.10. The minimum Gasteiger partial charge on any atom is -0.506 e. The molecule has 0 atom stereocenters. The van der Waals surface area contributed by atoms with Crippen molar-refractivity contribution in [3.8, 4) is 11.5 Å². The van der Waals surface area contributed by atoms with Gasteiger partial charge in [-0.25, -0.2) is 0 Å². The number of ether oxygens (including phenoxy) is 2. The van der Waals surface area contributed by atoms with Crippen molar-refractivity contribution in [1.82, 2.24) is 10.2 Å². The number of fused-ring (bicyclic) bond motifs is 1. The molecule has 1 aliphatic carbocycles. The predicted molar refractivity (Wildman–Crippen MR) is 155 cm³/mol. The first kappa shape index (κ1) is 33.9. The van der Waals surface area contributed by atoms with Crippen LogP contribution in [0.5, 0.6) is 11.5 Å². The number of aldehydes is 1. The third-order valence-corrected chi connectivity index (χ3v) is 7.24. The highest BCUT2D eigenvalue weighted by Gasteiger charge is 2.26. The van der Waals surface area contributed by atoms with Gasteiger partial charge >= 0.3 is 6.18 Å². The normalized spacial score (nSPS) is 14.9. The molecule has 0 spiro atoms. The zero-order valence-corrected chi connectivity index (χ0v) is 24.2. The highest BCUT2D eigenvalue weighted by atomic mass is 19.4. The standard InChI is InChI=1S/C29H39N3O5.C2HF3O/c33-25-12-11-23(29-28(25)31-26(34)21-37-29)13-16-30-17-18-32(24-9-5-2-6-10-24)27(35)15-20-36-19-14-22-7-3-1-4-8-22;3-2(4,5)1-6/h1,3-4,7-8,11-12,24,30,33H,2,5-6,9-10,13-21H2,(H,31,34);1H. The summed E-state index contributed by atoms with van der Waals surface area (Å²) in [6.45, 7) is 3.10. The van der Waals surface area contributed by atoms with Crippen LogP contribution in [0.15, 0.2) is 42.5 Å². The molecule has 2 aliphatic rings. The van der Waals surface area contributed by atoms with E-state index in [2.05, 4.69) is 27.7 Å². The van der Waals surface area contributed by atoms with E-state index < -0.39 is 12.5 Å². The highest BCUT2D eigenvalue weighted by molar-refractivity contribution is 5.97. The number of nitrogens with zero attached hydrogens (tertiary/aromatic N) is 1. The molecule has 0 bridgehead atoms. The molecule has 2 amide bonds. The van der Waals surface area contributed by atoms with Gasteiger partial charge in [-0.2, -0.15) is 13.2 Å². The van der Waals surface area contributed by atoms with Crippen molar-refractivity contribution >= 4 is 23.8 Å². The van der Waals surface area contributed by atoms with Crippen molar-refractivity contribution in [3.05, 3.63) is 53.6 Å². The van der Waals surface area contributed by atoms with Crippen LogP contribution in [0.2, 0.25) is 0 Å². The summed E-state index contributed by atoms with van der Waals surface area (Å²) in [5.74, 6) is 0.440. The lowest BCUT2D eigenvalue weighted by Crippen LogP contribution is -2.45. The minimum absolute atomic E-state index is 0.00504. The Morgan fingerprint density at radius 1 is 1.07 bits per heavy atom. The molecule has 3 N–H and O–H groups in total.